The van der Waals surface area contributed by atoms with E-state index in [1.807, 2.05) is 13.8 Å². The van der Waals surface area contributed by atoms with E-state index in [9.17, 15) is 4.79 Å². The van der Waals surface area contributed by atoms with Crippen LogP contribution in [0.25, 0.3) is 0 Å². The number of aromatic nitrogens is 4. The third-order valence-electron chi connectivity index (χ3n) is 5.24. The summed E-state index contributed by atoms with van der Waals surface area (Å²) in [6.07, 6.45) is 1.95. The first-order valence-electron chi connectivity index (χ1n) is 9.32. The van der Waals surface area contributed by atoms with Gasteiger partial charge in [-0.2, -0.15) is 0 Å². The first kappa shape index (κ1) is 17.2. The molecule has 2 aromatic rings. The molecule has 140 valence electrons. The highest BCUT2D eigenvalue weighted by Crippen LogP contribution is 2.31. The van der Waals surface area contributed by atoms with Crippen molar-refractivity contribution in [2.45, 2.75) is 58.0 Å². The second kappa shape index (κ2) is 6.83. The molecule has 0 unspecified atom stereocenters. The van der Waals surface area contributed by atoms with E-state index >= 15 is 0 Å². The second-order valence-corrected chi connectivity index (χ2v) is 7.53. The zero-order chi connectivity index (χ0) is 18.3. The molecular weight excluding hydrogens is 334 g/mol. The van der Waals surface area contributed by atoms with Gasteiger partial charge in [0.1, 0.15) is 11.6 Å². The van der Waals surface area contributed by atoms with Gasteiger partial charge in [-0.05, 0) is 19.8 Å². The predicted molar refractivity (Wildman–Crippen MR) is 92.9 cm³/mol. The molecular formula is C18H25N5O3. The van der Waals surface area contributed by atoms with Gasteiger partial charge in [0.25, 0.3) is 5.91 Å². The first-order valence-corrected chi connectivity index (χ1v) is 9.32. The van der Waals surface area contributed by atoms with Crippen LogP contribution in [0.3, 0.4) is 0 Å². The lowest BCUT2D eigenvalue weighted by Crippen LogP contribution is -2.41. The standard InChI is InChI=1S/C18H25N5O3/c1-11(2)15-8-14(21-26-15)18(24)22-9-12(3)23-16(10-22)19-20-17(23)13-4-6-25-7-5-13/h8,11-13H,4-7,9-10H2,1-3H3/t12-/m0/s1. The molecule has 8 heteroatoms. The third-order valence-corrected chi connectivity index (χ3v) is 5.24. The highest BCUT2D eigenvalue weighted by Gasteiger charge is 2.33. The molecule has 2 aliphatic rings. The minimum Gasteiger partial charge on any atom is -0.381 e. The van der Waals surface area contributed by atoms with Gasteiger partial charge in [-0.3, -0.25) is 4.79 Å². The van der Waals surface area contributed by atoms with Crippen molar-refractivity contribution in [2.75, 3.05) is 19.8 Å². The lowest BCUT2D eigenvalue weighted by molar-refractivity contribution is 0.0658. The van der Waals surface area contributed by atoms with E-state index in [2.05, 4.69) is 26.8 Å². The van der Waals surface area contributed by atoms with E-state index in [1.54, 1.807) is 11.0 Å². The number of ether oxygens (including phenoxy) is 1. The summed E-state index contributed by atoms with van der Waals surface area (Å²) in [5.41, 5.74) is 0.360. The number of amides is 1. The molecule has 0 bridgehead atoms. The van der Waals surface area contributed by atoms with Crippen molar-refractivity contribution in [3.8, 4) is 0 Å². The average Bonchev–Trinajstić information content (AvgIpc) is 3.29. The summed E-state index contributed by atoms with van der Waals surface area (Å²) < 4.78 is 12.9. The largest absolute Gasteiger partial charge is 0.381 e. The van der Waals surface area contributed by atoms with Gasteiger partial charge >= 0.3 is 0 Å². The molecule has 26 heavy (non-hydrogen) atoms. The van der Waals surface area contributed by atoms with Gasteiger partial charge in [-0.1, -0.05) is 19.0 Å². The van der Waals surface area contributed by atoms with Crippen molar-refractivity contribution in [1.29, 1.82) is 0 Å². The molecule has 8 nitrogen and oxygen atoms in total. The van der Waals surface area contributed by atoms with E-state index in [0.29, 0.717) is 24.7 Å². The van der Waals surface area contributed by atoms with Gasteiger partial charge < -0.3 is 18.7 Å². The smallest absolute Gasteiger partial charge is 0.276 e. The maximum absolute atomic E-state index is 12.8. The number of fused-ring (bicyclic) bond motifs is 1. The molecule has 4 rings (SSSR count). The van der Waals surface area contributed by atoms with Crippen LogP contribution in [-0.4, -0.2) is 50.5 Å². The Morgan fingerprint density at radius 2 is 2.04 bits per heavy atom. The van der Waals surface area contributed by atoms with Crippen molar-refractivity contribution in [3.63, 3.8) is 0 Å². The fourth-order valence-corrected chi connectivity index (χ4v) is 3.77. The molecule has 2 aromatic heterocycles. The molecule has 2 aliphatic heterocycles. The maximum Gasteiger partial charge on any atom is 0.276 e. The van der Waals surface area contributed by atoms with Gasteiger partial charge in [0, 0.05) is 37.7 Å². The molecule has 0 saturated carbocycles. The van der Waals surface area contributed by atoms with Crippen LogP contribution >= 0.6 is 0 Å². The summed E-state index contributed by atoms with van der Waals surface area (Å²) in [5.74, 6) is 3.07. The molecule has 0 N–H and O–H groups in total. The quantitative estimate of drug-likeness (QED) is 0.837. The van der Waals surface area contributed by atoms with Crippen LogP contribution in [-0.2, 0) is 11.3 Å². The van der Waals surface area contributed by atoms with Crippen LogP contribution in [0.2, 0.25) is 0 Å². The van der Waals surface area contributed by atoms with E-state index in [4.69, 9.17) is 9.26 Å². The average molecular weight is 359 g/mol. The van der Waals surface area contributed by atoms with E-state index in [-0.39, 0.29) is 17.9 Å². The van der Waals surface area contributed by atoms with E-state index in [0.717, 1.165) is 43.5 Å². The highest BCUT2D eigenvalue weighted by molar-refractivity contribution is 5.92. The zero-order valence-corrected chi connectivity index (χ0v) is 15.5. The summed E-state index contributed by atoms with van der Waals surface area (Å²) in [7, 11) is 0. The monoisotopic (exact) mass is 359 g/mol. The van der Waals surface area contributed by atoms with Crippen molar-refractivity contribution in [1.82, 2.24) is 24.8 Å². The van der Waals surface area contributed by atoms with Crippen molar-refractivity contribution in [3.05, 3.63) is 29.2 Å². The summed E-state index contributed by atoms with van der Waals surface area (Å²) >= 11 is 0. The minimum absolute atomic E-state index is 0.116. The molecule has 0 radical (unpaired) electrons. The van der Waals surface area contributed by atoms with Crippen LogP contribution in [0.1, 0.15) is 79.4 Å². The Labute approximate surface area is 152 Å². The summed E-state index contributed by atoms with van der Waals surface area (Å²) in [4.78, 5) is 14.6. The van der Waals surface area contributed by atoms with Crippen LogP contribution in [0.4, 0.5) is 0 Å². The Kier molecular flexibility index (Phi) is 4.52. The normalized spacial score (nSPS) is 21.2. The molecule has 0 aromatic carbocycles. The number of hydrogen-bond acceptors (Lipinski definition) is 6. The van der Waals surface area contributed by atoms with E-state index < -0.39 is 0 Å². The maximum atomic E-state index is 12.8. The molecule has 1 fully saturated rings. The third kappa shape index (κ3) is 3.02. The highest BCUT2D eigenvalue weighted by atomic mass is 16.5. The Bertz CT molecular complexity index is 791. The molecule has 1 saturated heterocycles. The van der Waals surface area contributed by atoms with Crippen LogP contribution in [0.15, 0.2) is 10.6 Å². The second-order valence-electron chi connectivity index (χ2n) is 7.53. The minimum atomic E-state index is -0.116. The van der Waals surface area contributed by atoms with Gasteiger partial charge in [-0.25, -0.2) is 0 Å². The Morgan fingerprint density at radius 1 is 1.27 bits per heavy atom. The summed E-state index contributed by atoms with van der Waals surface area (Å²) in [6.45, 7) is 8.74. The first-order chi connectivity index (χ1) is 12.5. The molecule has 1 atom stereocenters. The van der Waals surface area contributed by atoms with Crippen molar-refractivity contribution < 1.29 is 14.1 Å². The Morgan fingerprint density at radius 3 is 2.73 bits per heavy atom. The molecule has 0 aliphatic carbocycles. The number of rotatable bonds is 3. The number of carbonyl (C=O) groups is 1. The summed E-state index contributed by atoms with van der Waals surface area (Å²) in [6, 6.07) is 1.87. The van der Waals surface area contributed by atoms with Crippen molar-refractivity contribution in [2.24, 2.45) is 0 Å². The van der Waals surface area contributed by atoms with Gasteiger partial charge in [-0.15, -0.1) is 10.2 Å². The topological polar surface area (TPSA) is 86.3 Å². The lowest BCUT2D eigenvalue weighted by Gasteiger charge is -2.33. The van der Waals surface area contributed by atoms with Gasteiger partial charge in [0.2, 0.25) is 0 Å². The van der Waals surface area contributed by atoms with Crippen LogP contribution in [0.5, 0.6) is 0 Å². The Balaban J connectivity index is 1.54. The van der Waals surface area contributed by atoms with Crippen LogP contribution in [0, 0.1) is 0 Å². The fourth-order valence-electron chi connectivity index (χ4n) is 3.77. The number of hydrogen-bond donors (Lipinski definition) is 0. The van der Waals surface area contributed by atoms with Crippen molar-refractivity contribution >= 4 is 5.91 Å². The molecule has 0 spiro atoms. The van der Waals surface area contributed by atoms with E-state index in [1.165, 1.54) is 0 Å². The zero-order valence-electron chi connectivity index (χ0n) is 15.5. The van der Waals surface area contributed by atoms with Gasteiger partial charge in [0.05, 0.1) is 12.6 Å². The predicted octanol–water partition coefficient (Wildman–Crippen LogP) is 2.50. The number of carbonyl (C=O) groups excluding carboxylic acids is 1. The van der Waals surface area contributed by atoms with Crippen LogP contribution < -0.4 is 0 Å². The molecule has 1 amide bonds. The lowest BCUT2D eigenvalue weighted by atomic mass is 9.99. The Hall–Kier alpha value is -2.22. The molecule has 4 heterocycles. The summed E-state index contributed by atoms with van der Waals surface area (Å²) in [5, 5.41) is 12.8. The van der Waals surface area contributed by atoms with Gasteiger partial charge in [0.15, 0.2) is 11.5 Å². The fraction of sp³-hybridized carbons (Fsp3) is 0.667. The number of nitrogens with zero attached hydrogens (tertiary/aromatic N) is 5. The SMILES string of the molecule is CC(C)c1cc(C(=O)N2Cc3nnc(C4CCOCC4)n3[C@@H](C)C2)no1.